The van der Waals surface area contributed by atoms with Gasteiger partial charge in [-0.2, -0.15) is 0 Å². The predicted octanol–water partition coefficient (Wildman–Crippen LogP) is 2.38. The van der Waals surface area contributed by atoms with E-state index in [4.69, 9.17) is 15.2 Å². The van der Waals surface area contributed by atoms with Crippen LogP contribution in [0.4, 0.5) is 5.82 Å². The maximum atomic E-state index is 5.83. The fourth-order valence-corrected chi connectivity index (χ4v) is 1.54. The second kappa shape index (κ2) is 6.00. The van der Waals surface area contributed by atoms with E-state index in [-0.39, 0.29) is 11.5 Å². The fourth-order valence-electron chi connectivity index (χ4n) is 1.54. The topological polar surface area (TPSA) is 70.3 Å². The van der Waals surface area contributed by atoms with Crippen molar-refractivity contribution in [2.75, 3.05) is 18.9 Å². The van der Waals surface area contributed by atoms with Gasteiger partial charge in [0.25, 0.3) is 0 Å². The second-order valence-corrected chi connectivity index (χ2v) is 5.44. The first-order valence-electron chi connectivity index (χ1n) is 6.18. The highest BCUT2D eigenvalue weighted by atomic mass is 16.5. The summed E-state index contributed by atoms with van der Waals surface area (Å²) in [6, 6.07) is 0. The second-order valence-electron chi connectivity index (χ2n) is 5.44. The van der Waals surface area contributed by atoms with E-state index in [1.807, 2.05) is 34.6 Å². The van der Waals surface area contributed by atoms with Crippen molar-refractivity contribution in [3.63, 3.8) is 0 Å². The van der Waals surface area contributed by atoms with Gasteiger partial charge in [-0.05, 0) is 26.7 Å². The van der Waals surface area contributed by atoms with Crippen LogP contribution in [-0.2, 0) is 4.74 Å². The number of nitrogens with zero attached hydrogens (tertiary/aromatic N) is 2. The molecule has 18 heavy (non-hydrogen) atoms. The number of hydrogen-bond donors (Lipinski definition) is 1. The molecule has 0 aliphatic carbocycles. The molecule has 5 heteroatoms. The lowest BCUT2D eigenvalue weighted by atomic mass is 10.1. The van der Waals surface area contributed by atoms with Crippen LogP contribution < -0.4 is 10.5 Å². The first-order valence-corrected chi connectivity index (χ1v) is 6.18. The van der Waals surface area contributed by atoms with E-state index in [0.29, 0.717) is 24.9 Å². The Labute approximate surface area is 109 Å². The van der Waals surface area contributed by atoms with Crippen LogP contribution >= 0.6 is 0 Å². The lowest BCUT2D eigenvalue weighted by molar-refractivity contribution is -0.0169. The summed E-state index contributed by atoms with van der Waals surface area (Å²) < 4.78 is 11.2. The third kappa shape index (κ3) is 4.49. The summed E-state index contributed by atoms with van der Waals surface area (Å²) in [5.74, 6) is 1.26. The van der Waals surface area contributed by atoms with Crippen molar-refractivity contribution in [1.29, 1.82) is 0 Å². The third-order valence-electron chi connectivity index (χ3n) is 2.31. The average Bonchev–Trinajstić information content (AvgIpc) is 2.22. The molecule has 0 aliphatic rings. The summed E-state index contributed by atoms with van der Waals surface area (Å²) in [6.07, 6.45) is 1.42. The highest BCUT2D eigenvalue weighted by Crippen LogP contribution is 2.27. The van der Waals surface area contributed by atoms with Gasteiger partial charge in [-0.25, -0.2) is 9.97 Å². The number of anilines is 1. The van der Waals surface area contributed by atoms with Crippen molar-refractivity contribution in [3.05, 3.63) is 11.9 Å². The van der Waals surface area contributed by atoms with Gasteiger partial charge in [-0.1, -0.05) is 13.8 Å². The summed E-state index contributed by atoms with van der Waals surface area (Å²) in [5, 5.41) is 0. The quantitative estimate of drug-likeness (QED) is 0.816. The zero-order valence-electron chi connectivity index (χ0n) is 11.9. The SMILES string of the molecule is CC(C)c1c(N)ncnc1OCCOC(C)(C)C. The van der Waals surface area contributed by atoms with Gasteiger partial charge in [0, 0.05) is 0 Å². The number of nitrogen functional groups attached to an aromatic ring is 1. The van der Waals surface area contributed by atoms with Crippen molar-refractivity contribution in [1.82, 2.24) is 9.97 Å². The molecule has 0 fully saturated rings. The minimum atomic E-state index is -0.158. The Kier molecular flexibility index (Phi) is 4.90. The highest BCUT2D eigenvalue weighted by molar-refractivity contribution is 5.46. The molecule has 1 heterocycles. The van der Waals surface area contributed by atoms with E-state index < -0.39 is 0 Å². The minimum Gasteiger partial charge on any atom is -0.475 e. The van der Waals surface area contributed by atoms with E-state index in [2.05, 4.69) is 9.97 Å². The highest BCUT2D eigenvalue weighted by Gasteiger charge is 2.15. The summed E-state index contributed by atoms with van der Waals surface area (Å²) in [6.45, 7) is 11.1. The lowest BCUT2D eigenvalue weighted by Crippen LogP contribution is -2.23. The molecule has 1 aromatic rings. The largest absolute Gasteiger partial charge is 0.475 e. The van der Waals surface area contributed by atoms with Crippen molar-refractivity contribution < 1.29 is 9.47 Å². The molecule has 0 saturated carbocycles. The molecule has 1 aromatic heterocycles. The molecule has 0 saturated heterocycles. The lowest BCUT2D eigenvalue weighted by Gasteiger charge is -2.20. The number of hydrogen-bond acceptors (Lipinski definition) is 5. The first kappa shape index (κ1) is 14.7. The van der Waals surface area contributed by atoms with Crippen LogP contribution in [0.2, 0.25) is 0 Å². The van der Waals surface area contributed by atoms with Crippen molar-refractivity contribution in [2.45, 2.75) is 46.1 Å². The number of rotatable bonds is 5. The zero-order chi connectivity index (χ0) is 13.8. The zero-order valence-corrected chi connectivity index (χ0v) is 11.9. The molecule has 0 spiro atoms. The van der Waals surface area contributed by atoms with Crippen LogP contribution in [0.5, 0.6) is 5.88 Å². The van der Waals surface area contributed by atoms with Crippen LogP contribution in [-0.4, -0.2) is 28.8 Å². The molecule has 102 valence electrons. The first-order chi connectivity index (χ1) is 8.31. The van der Waals surface area contributed by atoms with Gasteiger partial charge in [0.1, 0.15) is 18.8 Å². The van der Waals surface area contributed by atoms with E-state index in [1.165, 1.54) is 6.33 Å². The Morgan fingerprint density at radius 2 is 1.89 bits per heavy atom. The molecule has 0 aliphatic heterocycles. The van der Waals surface area contributed by atoms with Crippen LogP contribution in [0, 0.1) is 0 Å². The molecule has 0 aromatic carbocycles. The molecule has 0 amide bonds. The molecule has 1 rings (SSSR count). The molecule has 2 N–H and O–H groups in total. The van der Waals surface area contributed by atoms with Crippen LogP contribution in [0.15, 0.2) is 6.33 Å². The normalized spacial score (nSPS) is 11.9. The molecule has 0 bridgehead atoms. The Hall–Kier alpha value is -1.36. The minimum absolute atomic E-state index is 0.158. The van der Waals surface area contributed by atoms with Gasteiger partial charge < -0.3 is 15.2 Å². The number of ether oxygens (including phenoxy) is 2. The van der Waals surface area contributed by atoms with Crippen molar-refractivity contribution in [3.8, 4) is 5.88 Å². The van der Waals surface area contributed by atoms with Gasteiger partial charge in [0.05, 0.1) is 17.8 Å². The van der Waals surface area contributed by atoms with Gasteiger partial charge in [0.15, 0.2) is 0 Å². The number of nitrogens with two attached hydrogens (primary N) is 1. The average molecular weight is 253 g/mol. The molecular formula is C13H23N3O2. The molecule has 0 unspecified atom stereocenters. The van der Waals surface area contributed by atoms with Gasteiger partial charge in [-0.15, -0.1) is 0 Å². The van der Waals surface area contributed by atoms with Gasteiger partial charge >= 0.3 is 0 Å². The summed E-state index contributed by atoms with van der Waals surface area (Å²) >= 11 is 0. The molecular weight excluding hydrogens is 230 g/mol. The summed E-state index contributed by atoms with van der Waals surface area (Å²) in [4.78, 5) is 8.11. The van der Waals surface area contributed by atoms with Crippen molar-refractivity contribution in [2.24, 2.45) is 0 Å². The third-order valence-corrected chi connectivity index (χ3v) is 2.31. The Morgan fingerprint density at radius 3 is 2.44 bits per heavy atom. The molecule has 0 radical (unpaired) electrons. The van der Waals surface area contributed by atoms with E-state index >= 15 is 0 Å². The fraction of sp³-hybridized carbons (Fsp3) is 0.692. The number of aromatic nitrogens is 2. The Balaban J connectivity index is 2.60. The van der Waals surface area contributed by atoms with Gasteiger partial charge in [-0.3, -0.25) is 0 Å². The van der Waals surface area contributed by atoms with Crippen molar-refractivity contribution >= 4 is 5.82 Å². The maximum Gasteiger partial charge on any atom is 0.222 e. The van der Waals surface area contributed by atoms with Crippen LogP contribution in [0.1, 0.15) is 46.1 Å². The van der Waals surface area contributed by atoms with Gasteiger partial charge in [0.2, 0.25) is 5.88 Å². The van der Waals surface area contributed by atoms with E-state index in [1.54, 1.807) is 0 Å². The smallest absolute Gasteiger partial charge is 0.222 e. The van der Waals surface area contributed by atoms with Crippen LogP contribution in [0.3, 0.4) is 0 Å². The Bertz CT molecular complexity index is 386. The predicted molar refractivity (Wildman–Crippen MR) is 71.7 cm³/mol. The molecule has 5 nitrogen and oxygen atoms in total. The standard InChI is InChI=1S/C13H23N3O2/c1-9(2)10-11(14)15-8-16-12(10)17-6-7-18-13(3,4)5/h8-9H,6-7H2,1-5H3,(H2,14,15,16). The molecule has 0 atom stereocenters. The van der Waals surface area contributed by atoms with E-state index in [9.17, 15) is 0 Å². The Morgan fingerprint density at radius 1 is 1.22 bits per heavy atom. The van der Waals surface area contributed by atoms with Crippen LogP contribution in [0.25, 0.3) is 0 Å². The van der Waals surface area contributed by atoms with E-state index in [0.717, 1.165) is 5.56 Å². The monoisotopic (exact) mass is 253 g/mol. The summed E-state index contributed by atoms with van der Waals surface area (Å²) in [5.41, 5.74) is 6.53. The maximum absolute atomic E-state index is 5.83. The summed E-state index contributed by atoms with van der Waals surface area (Å²) in [7, 11) is 0.